The fraction of sp³-hybridized carbons (Fsp3) is 0.455. The molecule has 2 heterocycles. The molecule has 1 aromatic carbocycles. The number of hydrogen-bond donors (Lipinski definition) is 0. The molecule has 2 aliphatic rings. The van der Waals surface area contributed by atoms with Crippen molar-refractivity contribution in [1.29, 1.82) is 0 Å². The topological polar surface area (TPSA) is 81.6 Å². The number of fused-ring (bicyclic) bond motifs is 2. The SMILES string of the molecule is CC(=O)N(C(=O)C(C)(C)C)c1ccc(Oc2ccc(C)c3c2C2(CC2)CO3)nn1. The summed E-state index contributed by atoms with van der Waals surface area (Å²) in [4.78, 5) is 25.7. The first-order valence-corrected chi connectivity index (χ1v) is 9.76. The number of benzene rings is 1. The molecule has 152 valence electrons. The minimum Gasteiger partial charge on any atom is -0.492 e. The van der Waals surface area contributed by atoms with Gasteiger partial charge in [0, 0.05) is 29.4 Å². The number of nitrogens with zero attached hydrogens (tertiary/aromatic N) is 3. The van der Waals surface area contributed by atoms with Crippen molar-refractivity contribution in [1.82, 2.24) is 10.2 Å². The first-order chi connectivity index (χ1) is 13.6. The zero-order valence-corrected chi connectivity index (χ0v) is 17.4. The number of hydrogen-bond acceptors (Lipinski definition) is 6. The van der Waals surface area contributed by atoms with Gasteiger partial charge >= 0.3 is 0 Å². The van der Waals surface area contributed by atoms with E-state index in [0.29, 0.717) is 12.5 Å². The average Bonchev–Trinajstić information content (AvgIpc) is 3.32. The van der Waals surface area contributed by atoms with E-state index in [4.69, 9.17) is 9.47 Å². The van der Waals surface area contributed by atoms with E-state index in [1.165, 1.54) is 6.92 Å². The van der Waals surface area contributed by atoms with Crippen LogP contribution in [0.3, 0.4) is 0 Å². The Morgan fingerprint density at radius 3 is 2.41 bits per heavy atom. The van der Waals surface area contributed by atoms with Crippen LogP contribution in [0.25, 0.3) is 0 Å². The van der Waals surface area contributed by atoms with Crippen LogP contribution < -0.4 is 14.4 Å². The third kappa shape index (κ3) is 3.34. The summed E-state index contributed by atoms with van der Waals surface area (Å²) in [6.45, 7) is 9.32. The van der Waals surface area contributed by atoms with E-state index in [9.17, 15) is 9.59 Å². The molecule has 0 bridgehead atoms. The molecule has 0 N–H and O–H groups in total. The Kier molecular flexibility index (Phi) is 4.37. The Morgan fingerprint density at radius 1 is 1.14 bits per heavy atom. The second-order valence-electron chi connectivity index (χ2n) is 8.90. The molecule has 7 nitrogen and oxygen atoms in total. The fourth-order valence-electron chi connectivity index (χ4n) is 3.61. The van der Waals surface area contributed by atoms with E-state index in [1.54, 1.807) is 32.9 Å². The number of carbonyl (C=O) groups excluding carboxylic acids is 2. The van der Waals surface area contributed by atoms with Gasteiger partial charge in [0.15, 0.2) is 5.82 Å². The van der Waals surface area contributed by atoms with Crippen molar-refractivity contribution in [2.24, 2.45) is 5.41 Å². The molecule has 29 heavy (non-hydrogen) atoms. The molecule has 0 radical (unpaired) electrons. The highest BCUT2D eigenvalue weighted by Crippen LogP contribution is 2.59. The number of aryl methyl sites for hydroxylation is 1. The summed E-state index contributed by atoms with van der Waals surface area (Å²) < 4.78 is 12.0. The van der Waals surface area contributed by atoms with Gasteiger partial charge in [-0.15, -0.1) is 10.2 Å². The van der Waals surface area contributed by atoms with Crippen LogP contribution in [0, 0.1) is 12.3 Å². The van der Waals surface area contributed by atoms with Crippen molar-refractivity contribution in [3.8, 4) is 17.4 Å². The monoisotopic (exact) mass is 395 g/mol. The van der Waals surface area contributed by atoms with Crippen molar-refractivity contribution in [3.05, 3.63) is 35.4 Å². The van der Waals surface area contributed by atoms with E-state index >= 15 is 0 Å². The molecule has 0 atom stereocenters. The molecule has 7 heteroatoms. The predicted octanol–water partition coefficient (Wildman–Crippen LogP) is 3.93. The summed E-state index contributed by atoms with van der Waals surface area (Å²) in [7, 11) is 0. The van der Waals surface area contributed by atoms with Gasteiger partial charge in [-0.25, -0.2) is 4.90 Å². The van der Waals surface area contributed by atoms with Gasteiger partial charge < -0.3 is 9.47 Å². The molecule has 1 aliphatic carbocycles. The number of rotatable bonds is 3. The molecular formula is C22H25N3O4. The second kappa shape index (κ2) is 6.54. The maximum absolute atomic E-state index is 12.6. The van der Waals surface area contributed by atoms with Crippen LogP contribution >= 0.6 is 0 Å². The molecule has 2 aromatic rings. The van der Waals surface area contributed by atoms with Gasteiger partial charge in [-0.3, -0.25) is 9.59 Å². The minimum atomic E-state index is -0.719. The van der Waals surface area contributed by atoms with Crippen molar-refractivity contribution in [3.63, 3.8) is 0 Å². The summed E-state index contributed by atoms with van der Waals surface area (Å²) in [5.74, 6) is 1.37. The Labute approximate surface area is 170 Å². The predicted molar refractivity (Wildman–Crippen MR) is 107 cm³/mol. The normalized spacial score (nSPS) is 16.2. The lowest BCUT2D eigenvalue weighted by atomic mass is 9.94. The number of imide groups is 1. The smallest absolute Gasteiger partial charge is 0.240 e. The van der Waals surface area contributed by atoms with Gasteiger partial charge in [-0.05, 0) is 37.5 Å². The summed E-state index contributed by atoms with van der Waals surface area (Å²) in [5, 5.41) is 8.17. The molecule has 2 amide bonds. The van der Waals surface area contributed by atoms with Crippen LogP contribution in [0.5, 0.6) is 17.4 Å². The van der Waals surface area contributed by atoms with Gasteiger partial charge in [0.05, 0.1) is 6.61 Å². The summed E-state index contributed by atoms with van der Waals surface area (Å²) in [5.41, 5.74) is 1.55. The van der Waals surface area contributed by atoms with E-state index in [0.717, 1.165) is 40.4 Å². The Hall–Kier alpha value is -2.96. The largest absolute Gasteiger partial charge is 0.492 e. The lowest BCUT2D eigenvalue weighted by Gasteiger charge is -2.25. The highest BCUT2D eigenvalue weighted by atomic mass is 16.5. The molecule has 4 rings (SSSR count). The number of carbonyl (C=O) groups is 2. The third-order valence-electron chi connectivity index (χ3n) is 5.42. The number of aromatic nitrogens is 2. The molecule has 1 aromatic heterocycles. The van der Waals surface area contributed by atoms with Crippen molar-refractivity contribution < 1.29 is 19.1 Å². The van der Waals surface area contributed by atoms with Crippen LogP contribution in [0.1, 0.15) is 51.7 Å². The first kappa shape index (κ1) is 19.4. The van der Waals surface area contributed by atoms with Crippen molar-refractivity contribution >= 4 is 17.6 Å². The lowest BCUT2D eigenvalue weighted by molar-refractivity contribution is -0.130. The highest BCUT2D eigenvalue weighted by Gasteiger charge is 2.53. The summed E-state index contributed by atoms with van der Waals surface area (Å²) >= 11 is 0. The van der Waals surface area contributed by atoms with Crippen molar-refractivity contribution in [2.45, 2.75) is 52.9 Å². The van der Waals surface area contributed by atoms with Crippen LogP contribution in [-0.4, -0.2) is 28.6 Å². The maximum atomic E-state index is 12.6. The zero-order valence-electron chi connectivity index (χ0n) is 17.4. The first-order valence-electron chi connectivity index (χ1n) is 9.76. The number of ether oxygens (including phenoxy) is 2. The van der Waals surface area contributed by atoms with E-state index in [2.05, 4.69) is 10.2 Å². The number of anilines is 1. The van der Waals surface area contributed by atoms with Crippen LogP contribution in [0.2, 0.25) is 0 Å². The molecule has 1 spiro atoms. The third-order valence-corrected chi connectivity index (χ3v) is 5.42. The summed E-state index contributed by atoms with van der Waals surface area (Å²) in [6.07, 6.45) is 2.18. The van der Waals surface area contributed by atoms with Gasteiger partial charge in [-0.1, -0.05) is 26.8 Å². The van der Waals surface area contributed by atoms with E-state index < -0.39 is 11.3 Å². The second-order valence-corrected chi connectivity index (χ2v) is 8.90. The molecule has 1 saturated carbocycles. The maximum Gasteiger partial charge on any atom is 0.240 e. The fourth-order valence-corrected chi connectivity index (χ4v) is 3.61. The Morgan fingerprint density at radius 2 is 1.86 bits per heavy atom. The Bertz CT molecular complexity index is 988. The van der Waals surface area contributed by atoms with Gasteiger partial charge in [0.1, 0.15) is 11.5 Å². The van der Waals surface area contributed by atoms with Crippen molar-refractivity contribution in [2.75, 3.05) is 11.5 Å². The van der Waals surface area contributed by atoms with Gasteiger partial charge in [-0.2, -0.15) is 0 Å². The van der Waals surface area contributed by atoms with Gasteiger partial charge in [0.25, 0.3) is 0 Å². The van der Waals surface area contributed by atoms with Crippen LogP contribution in [-0.2, 0) is 15.0 Å². The van der Waals surface area contributed by atoms with Gasteiger partial charge in [0.2, 0.25) is 17.7 Å². The zero-order chi connectivity index (χ0) is 21.0. The summed E-state index contributed by atoms with van der Waals surface area (Å²) in [6, 6.07) is 7.10. The average molecular weight is 395 g/mol. The standard InChI is InChI=1S/C22H25N3O4/c1-13-6-7-15(18-19(13)28-12-22(18)10-11-22)29-17-9-8-16(23-24-17)25(14(2)26)20(27)21(3,4)5/h6-9H,10-12H2,1-5H3. The molecule has 0 saturated heterocycles. The molecular weight excluding hydrogens is 370 g/mol. The molecule has 1 aliphatic heterocycles. The minimum absolute atomic E-state index is 0.0641. The molecule has 0 unspecified atom stereocenters. The quantitative estimate of drug-likeness (QED) is 0.783. The lowest BCUT2D eigenvalue weighted by Crippen LogP contribution is -2.43. The van der Waals surface area contributed by atoms with Crippen LogP contribution in [0.4, 0.5) is 5.82 Å². The van der Waals surface area contributed by atoms with Crippen LogP contribution in [0.15, 0.2) is 24.3 Å². The number of amides is 2. The van der Waals surface area contributed by atoms with E-state index in [-0.39, 0.29) is 17.1 Å². The molecule has 1 fully saturated rings. The Balaban J connectivity index is 1.61. The van der Waals surface area contributed by atoms with E-state index in [1.807, 2.05) is 19.1 Å². The highest BCUT2D eigenvalue weighted by molar-refractivity contribution is 6.14.